The second kappa shape index (κ2) is 4.67. The Kier molecular flexibility index (Phi) is 3.52. The van der Waals surface area contributed by atoms with Gasteiger partial charge in [-0.2, -0.15) is 11.8 Å². The zero-order valence-electron chi connectivity index (χ0n) is 8.24. The molecule has 0 aromatic rings. The summed E-state index contributed by atoms with van der Waals surface area (Å²) >= 11 is 2.08. The standard InChI is InChI=1S/C10H20N2S/c11-7-9-8-13-6-3-10(9)12-4-1-2-5-12/h9-10H,1-8,11H2. The highest BCUT2D eigenvalue weighted by Crippen LogP contribution is 2.28. The molecule has 0 bridgehead atoms. The Labute approximate surface area is 85.2 Å². The van der Waals surface area contributed by atoms with E-state index in [2.05, 4.69) is 16.7 Å². The van der Waals surface area contributed by atoms with Gasteiger partial charge < -0.3 is 10.6 Å². The molecule has 0 amide bonds. The maximum Gasteiger partial charge on any atom is 0.0151 e. The van der Waals surface area contributed by atoms with E-state index in [1.54, 1.807) is 0 Å². The van der Waals surface area contributed by atoms with Crippen LogP contribution in [0.5, 0.6) is 0 Å². The van der Waals surface area contributed by atoms with Crippen LogP contribution in [-0.4, -0.2) is 42.1 Å². The summed E-state index contributed by atoms with van der Waals surface area (Å²) in [6.07, 6.45) is 4.18. The fourth-order valence-corrected chi connectivity index (χ4v) is 3.80. The molecule has 2 aliphatic heterocycles. The number of nitrogens with two attached hydrogens (primary N) is 1. The molecule has 2 nitrogen and oxygen atoms in total. The Bertz CT molecular complexity index is 155. The van der Waals surface area contributed by atoms with E-state index in [-0.39, 0.29) is 0 Å². The summed E-state index contributed by atoms with van der Waals surface area (Å²) < 4.78 is 0. The van der Waals surface area contributed by atoms with Crippen molar-refractivity contribution < 1.29 is 0 Å². The Balaban J connectivity index is 1.93. The maximum atomic E-state index is 5.82. The summed E-state index contributed by atoms with van der Waals surface area (Å²) in [7, 11) is 0. The minimum Gasteiger partial charge on any atom is -0.330 e. The second-order valence-electron chi connectivity index (χ2n) is 4.17. The molecule has 2 fully saturated rings. The molecule has 2 N–H and O–H groups in total. The Morgan fingerprint density at radius 2 is 2.08 bits per heavy atom. The van der Waals surface area contributed by atoms with Crippen LogP contribution >= 0.6 is 11.8 Å². The largest absolute Gasteiger partial charge is 0.330 e. The van der Waals surface area contributed by atoms with Crippen molar-refractivity contribution in [2.24, 2.45) is 11.7 Å². The van der Waals surface area contributed by atoms with E-state index in [1.165, 1.54) is 43.9 Å². The summed E-state index contributed by atoms with van der Waals surface area (Å²) in [5.41, 5.74) is 5.82. The predicted molar refractivity (Wildman–Crippen MR) is 59.1 cm³/mol. The van der Waals surface area contributed by atoms with Crippen molar-refractivity contribution in [3.05, 3.63) is 0 Å². The first-order valence-electron chi connectivity index (χ1n) is 5.43. The van der Waals surface area contributed by atoms with Crippen LogP contribution in [0.3, 0.4) is 0 Å². The van der Waals surface area contributed by atoms with Gasteiger partial charge in [-0.15, -0.1) is 0 Å². The minimum absolute atomic E-state index is 0.761. The molecule has 2 rings (SSSR count). The third-order valence-corrected chi connectivity index (χ3v) is 4.53. The molecule has 3 heteroatoms. The molecule has 0 saturated carbocycles. The quantitative estimate of drug-likeness (QED) is 0.725. The average Bonchev–Trinajstić information content (AvgIpc) is 2.70. The predicted octanol–water partition coefficient (Wildman–Crippen LogP) is 1.16. The first kappa shape index (κ1) is 9.81. The van der Waals surface area contributed by atoms with Crippen molar-refractivity contribution >= 4 is 11.8 Å². The van der Waals surface area contributed by atoms with Crippen LogP contribution in [0.25, 0.3) is 0 Å². The van der Waals surface area contributed by atoms with E-state index >= 15 is 0 Å². The zero-order valence-corrected chi connectivity index (χ0v) is 9.06. The molecule has 2 unspecified atom stereocenters. The number of hydrogen-bond donors (Lipinski definition) is 1. The van der Waals surface area contributed by atoms with Gasteiger partial charge in [0.15, 0.2) is 0 Å². The van der Waals surface area contributed by atoms with Gasteiger partial charge in [-0.25, -0.2) is 0 Å². The Hall–Kier alpha value is 0.270. The molecule has 0 aromatic carbocycles. The van der Waals surface area contributed by atoms with Crippen molar-refractivity contribution in [2.45, 2.75) is 25.3 Å². The molecule has 0 spiro atoms. The summed E-state index contributed by atoms with van der Waals surface area (Å²) in [5.74, 6) is 3.40. The Morgan fingerprint density at radius 3 is 2.77 bits per heavy atom. The molecule has 0 radical (unpaired) electrons. The van der Waals surface area contributed by atoms with Crippen LogP contribution in [0.15, 0.2) is 0 Å². The summed E-state index contributed by atoms with van der Waals surface area (Å²) in [5, 5.41) is 0. The van der Waals surface area contributed by atoms with Gasteiger partial charge in [-0.05, 0) is 56.3 Å². The number of likely N-dealkylation sites (tertiary alicyclic amines) is 1. The third kappa shape index (κ3) is 2.20. The van der Waals surface area contributed by atoms with Gasteiger partial charge in [0.05, 0.1) is 0 Å². The van der Waals surface area contributed by atoms with Crippen molar-refractivity contribution in [3.8, 4) is 0 Å². The van der Waals surface area contributed by atoms with Crippen LogP contribution < -0.4 is 5.73 Å². The third-order valence-electron chi connectivity index (χ3n) is 3.35. The number of hydrogen-bond acceptors (Lipinski definition) is 3. The molecule has 0 aromatic heterocycles. The summed E-state index contributed by atoms with van der Waals surface area (Å²) in [4.78, 5) is 2.68. The summed E-state index contributed by atoms with van der Waals surface area (Å²) in [6.45, 7) is 3.53. The van der Waals surface area contributed by atoms with E-state index in [9.17, 15) is 0 Å². The lowest BCUT2D eigenvalue weighted by atomic mass is 9.97. The fourth-order valence-electron chi connectivity index (χ4n) is 2.56. The molecule has 2 heterocycles. The van der Waals surface area contributed by atoms with Gasteiger partial charge in [0, 0.05) is 6.04 Å². The molecular weight excluding hydrogens is 180 g/mol. The highest BCUT2D eigenvalue weighted by molar-refractivity contribution is 7.99. The van der Waals surface area contributed by atoms with Gasteiger partial charge in [0.25, 0.3) is 0 Å². The molecular formula is C10H20N2S. The average molecular weight is 200 g/mol. The molecule has 13 heavy (non-hydrogen) atoms. The second-order valence-corrected chi connectivity index (χ2v) is 5.32. The topological polar surface area (TPSA) is 29.3 Å². The van der Waals surface area contributed by atoms with Crippen LogP contribution in [0, 0.1) is 5.92 Å². The monoisotopic (exact) mass is 200 g/mol. The van der Waals surface area contributed by atoms with Crippen molar-refractivity contribution in [1.82, 2.24) is 4.90 Å². The highest BCUT2D eigenvalue weighted by atomic mass is 32.2. The molecule has 76 valence electrons. The van der Waals surface area contributed by atoms with Crippen molar-refractivity contribution in [1.29, 1.82) is 0 Å². The van der Waals surface area contributed by atoms with E-state index in [0.717, 1.165) is 18.5 Å². The first-order valence-corrected chi connectivity index (χ1v) is 6.59. The normalized spacial score (nSPS) is 36.7. The minimum atomic E-state index is 0.761. The number of nitrogens with zero attached hydrogens (tertiary/aromatic N) is 1. The SMILES string of the molecule is NCC1CSCCC1N1CCCC1. The summed E-state index contributed by atoms with van der Waals surface area (Å²) in [6, 6.07) is 0.814. The van der Waals surface area contributed by atoms with Gasteiger partial charge >= 0.3 is 0 Å². The maximum absolute atomic E-state index is 5.82. The molecule has 2 atom stereocenters. The van der Waals surface area contributed by atoms with Crippen molar-refractivity contribution in [2.75, 3.05) is 31.1 Å². The zero-order chi connectivity index (χ0) is 9.10. The van der Waals surface area contributed by atoms with Crippen LogP contribution in [-0.2, 0) is 0 Å². The Morgan fingerprint density at radius 1 is 1.31 bits per heavy atom. The van der Waals surface area contributed by atoms with Crippen molar-refractivity contribution in [3.63, 3.8) is 0 Å². The lowest BCUT2D eigenvalue weighted by Crippen LogP contribution is -2.45. The number of thioether (sulfide) groups is 1. The van der Waals surface area contributed by atoms with E-state index < -0.39 is 0 Å². The van der Waals surface area contributed by atoms with Gasteiger partial charge in [0.2, 0.25) is 0 Å². The van der Waals surface area contributed by atoms with Crippen LogP contribution in [0.1, 0.15) is 19.3 Å². The highest BCUT2D eigenvalue weighted by Gasteiger charge is 2.30. The lowest BCUT2D eigenvalue weighted by molar-refractivity contribution is 0.180. The molecule has 2 saturated heterocycles. The van der Waals surface area contributed by atoms with E-state index in [4.69, 9.17) is 5.73 Å². The van der Waals surface area contributed by atoms with Crippen LogP contribution in [0.2, 0.25) is 0 Å². The fraction of sp³-hybridized carbons (Fsp3) is 1.00. The molecule has 0 aliphatic carbocycles. The molecule has 2 aliphatic rings. The van der Waals surface area contributed by atoms with Gasteiger partial charge in [0.1, 0.15) is 0 Å². The lowest BCUT2D eigenvalue weighted by Gasteiger charge is -2.37. The first-order chi connectivity index (χ1) is 6.42. The van der Waals surface area contributed by atoms with E-state index in [0.29, 0.717) is 0 Å². The van der Waals surface area contributed by atoms with E-state index in [1.807, 2.05) is 0 Å². The van der Waals surface area contributed by atoms with Gasteiger partial charge in [-0.3, -0.25) is 0 Å². The van der Waals surface area contributed by atoms with Gasteiger partial charge in [-0.1, -0.05) is 0 Å². The smallest absolute Gasteiger partial charge is 0.0151 e. The number of rotatable bonds is 2. The van der Waals surface area contributed by atoms with Crippen LogP contribution in [0.4, 0.5) is 0 Å².